The summed E-state index contributed by atoms with van der Waals surface area (Å²) in [6, 6.07) is 7.60. The van der Waals surface area contributed by atoms with Gasteiger partial charge in [0.15, 0.2) is 6.10 Å². The molecule has 1 N–H and O–H groups in total. The molecule has 3 heteroatoms. The lowest BCUT2D eigenvalue weighted by molar-refractivity contribution is -0.126. The van der Waals surface area contributed by atoms with Crippen LogP contribution in [0.25, 0.3) is 0 Å². The number of hydrogen-bond acceptors (Lipinski definition) is 2. The minimum atomic E-state index is -0.416. The van der Waals surface area contributed by atoms with E-state index < -0.39 is 6.10 Å². The minimum absolute atomic E-state index is 0.0666. The highest BCUT2D eigenvalue weighted by Gasteiger charge is 2.30. The average molecular weight is 177 g/mol. The predicted octanol–water partition coefficient (Wildman–Crippen LogP) is 1.72. The summed E-state index contributed by atoms with van der Waals surface area (Å²) in [7, 11) is 0. The van der Waals surface area contributed by atoms with Crippen LogP contribution in [-0.2, 0) is 9.53 Å². The van der Waals surface area contributed by atoms with Crippen molar-refractivity contribution >= 4 is 11.6 Å². The number of carbonyl (C=O) groups is 1. The molecule has 1 amide bonds. The van der Waals surface area contributed by atoms with E-state index in [0.717, 1.165) is 11.3 Å². The van der Waals surface area contributed by atoms with Gasteiger partial charge in [0.05, 0.1) is 0 Å². The molecule has 0 spiro atoms. The zero-order valence-electron chi connectivity index (χ0n) is 7.41. The molecule has 0 radical (unpaired) electrons. The van der Waals surface area contributed by atoms with Crippen LogP contribution in [0.3, 0.4) is 0 Å². The molecule has 0 saturated carbocycles. The highest BCUT2D eigenvalue weighted by atomic mass is 16.5. The summed E-state index contributed by atoms with van der Waals surface area (Å²) in [5.41, 5.74) is 1.81. The third-order valence-corrected chi connectivity index (χ3v) is 2.07. The van der Waals surface area contributed by atoms with Gasteiger partial charge in [-0.3, -0.25) is 4.79 Å². The minimum Gasteiger partial charge on any atom is -0.364 e. The molecule has 2 rings (SSSR count). The van der Waals surface area contributed by atoms with Crippen molar-refractivity contribution in [2.24, 2.45) is 0 Å². The Balaban J connectivity index is 2.35. The van der Waals surface area contributed by atoms with E-state index in [0.29, 0.717) is 6.61 Å². The summed E-state index contributed by atoms with van der Waals surface area (Å²) in [6.07, 6.45) is -0.416. The first kappa shape index (κ1) is 8.26. The van der Waals surface area contributed by atoms with Gasteiger partial charge < -0.3 is 10.1 Å². The Hall–Kier alpha value is -1.35. The topological polar surface area (TPSA) is 38.3 Å². The second-order valence-corrected chi connectivity index (χ2v) is 2.91. The molecule has 0 saturated heterocycles. The summed E-state index contributed by atoms with van der Waals surface area (Å²) in [5.74, 6) is -0.0666. The van der Waals surface area contributed by atoms with Gasteiger partial charge in [0.25, 0.3) is 5.91 Å². The second-order valence-electron chi connectivity index (χ2n) is 2.91. The smallest absolute Gasteiger partial charge is 0.258 e. The zero-order valence-corrected chi connectivity index (χ0v) is 7.41. The normalized spacial score (nSPS) is 19.8. The third kappa shape index (κ3) is 1.31. The lowest BCUT2D eigenvalue weighted by atomic mass is 10.1. The largest absolute Gasteiger partial charge is 0.364 e. The molecule has 1 aliphatic rings. The van der Waals surface area contributed by atoms with Crippen molar-refractivity contribution in [1.29, 1.82) is 0 Å². The van der Waals surface area contributed by atoms with Gasteiger partial charge in [-0.05, 0) is 13.0 Å². The number of ether oxygens (including phenoxy) is 1. The van der Waals surface area contributed by atoms with Crippen LogP contribution in [0, 0.1) is 0 Å². The number of carbonyl (C=O) groups excluding carboxylic acids is 1. The molecular weight excluding hydrogens is 166 g/mol. The van der Waals surface area contributed by atoms with Gasteiger partial charge >= 0.3 is 0 Å². The summed E-state index contributed by atoms with van der Waals surface area (Å²) in [6.45, 7) is 2.43. The molecule has 3 nitrogen and oxygen atoms in total. The number of para-hydroxylation sites is 1. The van der Waals surface area contributed by atoms with Gasteiger partial charge in [-0.15, -0.1) is 0 Å². The fourth-order valence-corrected chi connectivity index (χ4v) is 1.51. The molecule has 68 valence electrons. The quantitative estimate of drug-likeness (QED) is 0.746. The van der Waals surface area contributed by atoms with Gasteiger partial charge in [-0.1, -0.05) is 18.2 Å². The fraction of sp³-hybridized carbons (Fsp3) is 0.300. The summed E-state index contributed by atoms with van der Waals surface area (Å²) in [5, 5.41) is 2.77. The summed E-state index contributed by atoms with van der Waals surface area (Å²) >= 11 is 0. The van der Waals surface area contributed by atoms with Gasteiger partial charge in [-0.25, -0.2) is 0 Å². The summed E-state index contributed by atoms with van der Waals surface area (Å²) < 4.78 is 5.33. The molecule has 13 heavy (non-hydrogen) atoms. The van der Waals surface area contributed by atoms with Crippen molar-refractivity contribution in [3.05, 3.63) is 29.8 Å². The highest BCUT2D eigenvalue weighted by Crippen LogP contribution is 2.32. The Labute approximate surface area is 76.7 Å². The molecule has 0 fully saturated rings. The first-order valence-electron chi connectivity index (χ1n) is 4.34. The molecular formula is C10H11NO2. The number of amides is 1. The maximum Gasteiger partial charge on any atom is 0.258 e. The van der Waals surface area contributed by atoms with E-state index in [1.807, 2.05) is 31.2 Å². The number of rotatable bonds is 2. The van der Waals surface area contributed by atoms with E-state index in [1.165, 1.54) is 0 Å². The molecule has 1 atom stereocenters. The highest BCUT2D eigenvalue weighted by molar-refractivity contribution is 6.01. The van der Waals surface area contributed by atoms with Crippen molar-refractivity contribution in [3.8, 4) is 0 Å². The van der Waals surface area contributed by atoms with Crippen molar-refractivity contribution in [2.45, 2.75) is 13.0 Å². The second kappa shape index (κ2) is 3.18. The van der Waals surface area contributed by atoms with Crippen LogP contribution in [0.2, 0.25) is 0 Å². The van der Waals surface area contributed by atoms with Crippen molar-refractivity contribution in [2.75, 3.05) is 11.9 Å². The Morgan fingerprint density at radius 1 is 1.46 bits per heavy atom. The number of anilines is 1. The van der Waals surface area contributed by atoms with E-state index in [4.69, 9.17) is 4.74 Å². The molecule has 0 aliphatic carbocycles. The molecule has 0 aromatic heterocycles. The van der Waals surface area contributed by atoms with Gasteiger partial charge in [-0.2, -0.15) is 0 Å². The van der Waals surface area contributed by atoms with E-state index in [9.17, 15) is 4.79 Å². The van der Waals surface area contributed by atoms with Crippen LogP contribution < -0.4 is 5.32 Å². The van der Waals surface area contributed by atoms with Crippen molar-refractivity contribution in [1.82, 2.24) is 0 Å². The van der Waals surface area contributed by atoms with Crippen molar-refractivity contribution in [3.63, 3.8) is 0 Å². The molecule has 0 bridgehead atoms. The van der Waals surface area contributed by atoms with Crippen LogP contribution >= 0.6 is 0 Å². The average Bonchev–Trinajstić information content (AvgIpc) is 2.44. The number of hydrogen-bond donors (Lipinski definition) is 1. The van der Waals surface area contributed by atoms with E-state index in [1.54, 1.807) is 0 Å². The first-order chi connectivity index (χ1) is 6.33. The van der Waals surface area contributed by atoms with Crippen molar-refractivity contribution < 1.29 is 9.53 Å². The Morgan fingerprint density at radius 2 is 2.23 bits per heavy atom. The van der Waals surface area contributed by atoms with E-state index >= 15 is 0 Å². The maximum absolute atomic E-state index is 11.4. The Bertz CT molecular complexity index is 335. The molecule has 1 heterocycles. The maximum atomic E-state index is 11.4. The lowest BCUT2D eigenvalue weighted by Crippen LogP contribution is -2.14. The monoisotopic (exact) mass is 177 g/mol. The molecule has 1 aromatic carbocycles. The van der Waals surface area contributed by atoms with Gasteiger partial charge in [0.1, 0.15) is 0 Å². The Morgan fingerprint density at radius 3 is 3.00 bits per heavy atom. The molecule has 1 aromatic rings. The standard InChI is InChI=1S/C10H11NO2/c1-2-13-9-7-5-3-4-6-8(7)11-10(9)12/h3-6,9H,2H2,1H3,(H,11,12)/t9-/m1/s1. The third-order valence-electron chi connectivity index (χ3n) is 2.07. The van der Waals surface area contributed by atoms with Crippen LogP contribution in [0.15, 0.2) is 24.3 Å². The van der Waals surface area contributed by atoms with Crippen LogP contribution in [0.4, 0.5) is 5.69 Å². The summed E-state index contributed by atoms with van der Waals surface area (Å²) in [4.78, 5) is 11.4. The van der Waals surface area contributed by atoms with Gasteiger partial charge in [0.2, 0.25) is 0 Å². The molecule has 0 unspecified atom stereocenters. The Kier molecular flexibility index (Phi) is 2.02. The lowest BCUT2D eigenvalue weighted by Gasteiger charge is -2.07. The molecule has 1 aliphatic heterocycles. The number of benzene rings is 1. The van der Waals surface area contributed by atoms with Crippen LogP contribution in [0.5, 0.6) is 0 Å². The predicted molar refractivity (Wildman–Crippen MR) is 49.4 cm³/mol. The van der Waals surface area contributed by atoms with Crippen LogP contribution in [0.1, 0.15) is 18.6 Å². The fourth-order valence-electron chi connectivity index (χ4n) is 1.51. The number of nitrogens with one attached hydrogen (secondary N) is 1. The van der Waals surface area contributed by atoms with Gasteiger partial charge in [0, 0.05) is 17.9 Å². The zero-order chi connectivity index (χ0) is 9.26. The first-order valence-corrected chi connectivity index (χ1v) is 4.34. The number of fused-ring (bicyclic) bond motifs is 1. The SMILES string of the molecule is CCO[C@H]1C(=O)Nc2ccccc21. The van der Waals surface area contributed by atoms with Crippen LogP contribution in [-0.4, -0.2) is 12.5 Å². The van der Waals surface area contributed by atoms with E-state index in [-0.39, 0.29) is 5.91 Å². The van der Waals surface area contributed by atoms with E-state index in [2.05, 4.69) is 5.32 Å².